The zero-order valence-corrected chi connectivity index (χ0v) is 25.3. The van der Waals surface area contributed by atoms with Gasteiger partial charge in [0, 0.05) is 24.8 Å². The molecule has 9 heteroatoms. The van der Waals surface area contributed by atoms with Crippen LogP contribution in [-0.2, 0) is 16.6 Å². The molecule has 0 radical (unpaired) electrons. The summed E-state index contributed by atoms with van der Waals surface area (Å²) in [6, 6.07) is 18.0. The first kappa shape index (κ1) is 29.8. The summed E-state index contributed by atoms with van der Waals surface area (Å²) in [5.41, 5.74) is 3.17. The Morgan fingerprint density at radius 1 is 0.925 bits per heavy atom. The lowest BCUT2D eigenvalue weighted by atomic mass is 10.0. The van der Waals surface area contributed by atoms with Gasteiger partial charge in [-0.05, 0) is 66.8 Å². The lowest BCUT2D eigenvalue weighted by molar-refractivity contribution is 0.0984. The average molecular weight is 579 g/mol. The minimum Gasteiger partial charge on any atom is -0.278 e. The number of hydrogen-bond donors (Lipinski definition) is 0. The Morgan fingerprint density at radius 2 is 1.62 bits per heavy atom. The predicted molar refractivity (Wildman–Crippen MR) is 163 cm³/mol. The third-order valence-corrected chi connectivity index (χ3v) is 9.80. The van der Waals surface area contributed by atoms with Crippen molar-refractivity contribution in [2.75, 3.05) is 18.0 Å². The molecule has 40 heavy (non-hydrogen) atoms. The number of anilines is 1. The standard InChI is InChI=1S/C31H38N4O3S2/c1-5-7-20-34(21-8-6-2)40(37,38)26-17-15-24(16-18-26)30(36)35(22-25-12-9-10-19-32-25)31-33-29-27(23(3)4)13-11-14-28(29)39-31/h9-19,23H,5-8,20-22H2,1-4H3. The van der Waals surface area contributed by atoms with Gasteiger partial charge < -0.3 is 0 Å². The Hall–Kier alpha value is -3.14. The van der Waals surface area contributed by atoms with Gasteiger partial charge in [0.05, 0.1) is 27.4 Å². The van der Waals surface area contributed by atoms with Gasteiger partial charge in [0.15, 0.2) is 5.13 Å². The fourth-order valence-corrected chi connectivity index (χ4v) is 7.03. The molecule has 0 saturated carbocycles. The Balaban J connectivity index is 1.68. The Labute approximate surface area is 241 Å². The number of para-hydroxylation sites is 1. The quantitative estimate of drug-likeness (QED) is 0.167. The molecule has 0 bridgehead atoms. The van der Waals surface area contributed by atoms with Crippen LogP contribution in [0, 0.1) is 0 Å². The van der Waals surface area contributed by atoms with Gasteiger partial charge in [-0.2, -0.15) is 4.31 Å². The maximum absolute atomic E-state index is 13.9. The van der Waals surface area contributed by atoms with E-state index in [9.17, 15) is 13.2 Å². The summed E-state index contributed by atoms with van der Waals surface area (Å²) < 4.78 is 29.4. The van der Waals surface area contributed by atoms with Crippen molar-refractivity contribution in [2.45, 2.75) is 70.7 Å². The molecular weight excluding hydrogens is 541 g/mol. The van der Waals surface area contributed by atoms with Crippen LogP contribution in [0.2, 0.25) is 0 Å². The molecule has 0 saturated heterocycles. The summed E-state index contributed by atoms with van der Waals surface area (Å²) in [7, 11) is -3.65. The number of fused-ring (bicyclic) bond motifs is 1. The van der Waals surface area contributed by atoms with Gasteiger partial charge in [0.1, 0.15) is 0 Å². The van der Waals surface area contributed by atoms with Gasteiger partial charge in [-0.15, -0.1) is 0 Å². The zero-order chi connectivity index (χ0) is 28.7. The van der Waals surface area contributed by atoms with Crippen LogP contribution in [0.5, 0.6) is 0 Å². The molecule has 4 aromatic rings. The number of carbonyl (C=O) groups is 1. The molecule has 4 rings (SSSR count). The Bertz CT molecular complexity index is 1510. The summed E-state index contributed by atoms with van der Waals surface area (Å²) in [5.74, 6) is 0.0379. The van der Waals surface area contributed by atoms with E-state index in [0.29, 0.717) is 29.7 Å². The number of hydrogen-bond acceptors (Lipinski definition) is 6. The van der Waals surface area contributed by atoms with Gasteiger partial charge in [-0.25, -0.2) is 13.4 Å². The van der Waals surface area contributed by atoms with E-state index in [1.165, 1.54) is 11.3 Å². The van der Waals surface area contributed by atoms with E-state index in [-0.39, 0.29) is 17.3 Å². The molecule has 2 heterocycles. The number of benzene rings is 2. The van der Waals surface area contributed by atoms with Gasteiger partial charge in [-0.1, -0.05) is 70.1 Å². The van der Waals surface area contributed by atoms with Gasteiger partial charge in [0.2, 0.25) is 10.0 Å². The van der Waals surface area contributed by atoms with Crippen molar-refractivity contribution in [3.63, 3.8) is 0 Å². The molecule has 0 aliphatic rings. The number of unbranched alkanes of at least 4 members (excludes halogenated alkanes) is 2. The van der Waals surface area contributed by atoms with E-state index < -0.39 is 10.0 Å². The molecule has 0 aliphatic carbocycles. The first-order chi connectivity index (χ1) is 19.3. The highest BCUT2D eigenvalue weighted by molar-refractivity contribution is 7.89. The summed E-state index contributed by atoms with van der Waals surface area (Å²) in [5, 5.41) is 0.584. The largest absolute Gasteiger partial charge is 0.278 e. The average Bonchev–Trinajstić information content (AvgIpc) is 3.40. The van der Waals surface area contributed by atoms with Crippen LogP contribution in [0.25, 0.3) is 10.2 Å². The van der Waals surface area contributed by atoms with Gasteiger partial charge in [0.25, 0.3) is 5.91 Å². The predicted octanol–water partition coefficient (Wildman–Crippen LogP) is 7.25. The van der Waals surface area contributed by atoms with Crippen molar-refractivity contribution in [3.8, 4) is 0 Å². The van der Waals surface area contributed by atoms with E-state index in [2.05, 4.69) is 38.7 Å². The molecule has 0 spiro atoms. The van der Waals surface area contributed by atoms with Crippen molar-refractivity contribution in [2.24, 2.45) is 0 Å². The van der Waals surface area contributed by atoms with Crippen molar-refractivity contribution in [1.29, 1.82) is 0 Å². The topological polar surface area (TPSA) is 83.5 Å². The molecule has 0 atom stereocenters. The fourth-order valence-electron chi connectivity index (χ4n) is 4.51. The summed E-state index contributed by atoms with van der Waals surface area (Å²) in [6.45, 7) is 9.60. The smallest absolute Gasteiger partial charge is 0.260 e. The molecule has 7 nitrogen and oxygen atoms in total. The van der Waals surface area contributed by atoms with E-state index in [1.807, 2.05) is 30.3 Å². The summed E-state index contributed by atoms with van der Waals surface area (Å²) in [4.78, 5) is 25.1. The molecule has 212 valence electrons. The van der Waals surface area contributed by atoms with Crippen LogP contribution in [0.3, 0.4) is 0 Å². The highest BCUT2D eigenvalue weighted by atomic mass is 32.2. The number of rotatable bonds is 13. The lowest BCUT2D eigenvalue weighted by Gasteiger charge is -2.22. The van der Waals surface area contributed by atoms with E-state index >= 15 is 0 Å². The maximum Gasteiger partial charge on any atom is 0.260 e. The van der Waals surface area contributed by atoms with E-state index in [1.54, 1.807) is 39.7 Å². The minimum absolute atomic E-state index is 0.203. The normalized spacial score (nSPS) is 11.9. The van der Waals surface area contributed by atoms with Crippen LogP contribution < -0.4 is 4.90 Å². The van der Waals surface area contributed by atoms with Crippen molar-refractivity contribution >= 4 is 42.6 Å². The number of nitrogens with zero attached hydrogens (tertiary/aromatic N) is 4. The van der Waals surface area contributed by atoms with Crippen LogP contribution in [0.15, 0.2) is 71.8 Å². The molecule has 0 unspecified atom stereocenters. The molecule has 2 aromatic heterocycles. The van der Waals surface area contributed by atoms with Gasteiger partial charge >= 0.3 is 0 Å². The second kappa shape index (κ2) is 13.5. The van der Waals surface area contributed by atoms with Crippen LogP contribution in [0.4, 0.5) is 5.13 Å². The highest BCUT2D eigenvalue weighted by Crippen LogP contribution is 2.34. The summed E-state index contributed by atoms with van der Waals surface area (Å²) in [6.07, 6.45) is 5.16. The molecular formula is C31H38N4O3S2. The Kier molecular flexibility index (Phi) is 10.1. The first-order valence-corrected chi connectivity index (χ1v) is 16.2. The second-order valence-electron chi connectivity index (χ2n) is 10.2. The van der Waals surface area contributed by atoms with Crippen molar-refractivity contribution in [1.82, 2.24) is 14.3 Å². The molecule has 2 aromatic carbocycles. The number of aromatic nitrogens is 2. The highest BCUT2D eigenvalue weighted by Gasteiger charge is 2.26. The van der Waals surface area contributed by atoms with Gasteiger partial charge in [-0.3, -0.25) is 14.7 Å². The van der Waals surface area contributed by atoms with E-state index in [0.717, 1.165) is 47.2 Å². The van der Waals surface area contributed by atoms with Crippen molar-refractivity contribution < 1.29 is 13.2 Å². The number of carbonyl (C=O) groups excluding carboxylic acids is 1. The number of pyridine rings is 1. The SMILES string of the molecule is CCCCN(CCCC)S(=O)(=O)c1ccc(C(=O)N(Cc2ccccn2)c2nc3c(C(C)C)cccc3s2)cc1. The first-order valence-electron chi connectivity index (χ1n) is 14.0. The van der Waals surface area contributed by atoms with Crippen LogP contribution >= 0.6 is 11.3 Å². The third kappa shape index (κ3) is 6.77. The maximum atomic E-state index is 13.9. The monoisotopic (exact) mass is 578 g/mol. The molecule has 0 fully saturated rings. The van der Waals surface area contributed by atoms with Crippen LogP contribution in [0.1, 0.15) is 80.9 Å². The van der Waals surface area contributed by atoms with E-state index in [4.69, 9.17) is 4.98 Å². The molecule has 0 N–H and O–H groups in total. The van der Waals surface area contributed by atoms with Crippen LogP contribution in [-0.4, -0.2) is 41.7 Å². The third-order valence-electron chi connectivity index (χ3n) is 6.84. The Morgan fingerprint density at radius 3 is 2.23 bits per heavy atom. The minimum atomic E-state index is -3.65. The molecule has 1 amide bonds. The summed E-state index contributed by atoms with van der Waals surface area (Å²) >= 11 is 1.47. The zero-order valence-electron chi connectivity index (χ0n) is 23.7. The lowest BCUT2D eigenvalue weighted by Crippen LogP contribution is -2.33. The fraction of sp³-hybridized carbons (Fsp3) is 0.387. The second-order valence-corrected chi connectivity index (χ2v) is 13.1. The number of thiazole rings is 1. The number of sulfonamides is 1. The van der Waals surface area contributed by atoms with Crippen molar-refractivity contribution in [3.05, 3.63) is 83.7 Å². The molecule has 0 aliphatic heterocycles. The number of amides is 1.